The molecule has 21 heavy (non-hydrogen) atoms. The van der Waals surface area contributed by atoms with Crippen molar-refractivity contribution in [2.24, 2.45) is 0 Å². The summed E-state index contributed by atoms with van der Waals surface area (Å²) in [5, 5.41) is 0.672. The minimum absolute atomic E-state index is 0.334. The van der Waals surface area contributed by atoms with E-state index < -0.39 is 0 Å². The molecule has 0 aliphatic carbocycles. The molecule has 1 aromatic heterocycles. The zero-order valence-electron chi connectivity index (χ0n) is 11.5. The third-order valence-electron chi connectivity index (χ3n) is 2.89. The van der Waals surface area contributed by atoms with E-state index in [1.807, 2.05) is 24.3 Å². The van der Waals surface area contributed by atoms with Crippen molar-refractivity contribution in [2.75, 3.05) is 6.61 Å². The van der Waals surface area contributed by atoms with Crippen molar-refractivity contribution in [3.05, 3.63) is 71.0 Å². The zero-order valence-corrected chi connectivity index (χ0v) is 12.3. The van der Waals surface area contributed by atoms with Crippen molar-refractivity contribution in [3.63, 3.8) is 0 Å². The van der Waals surface area contributed by atoms with Gasteiger partial charge in [0, 0.05) is 23.5 Å². The van der Waals surface area contributed by atoms with Crippen LogP contribution in [0.4, 0.5) is 0 Å². The van der Waals surface area contributed by atoms with Crippen molar-refractivity contribution < 1.29 is 9.53 Å². The lowest BCUT2D eigenvalue weighted by Crippen LogP contribution is -2.03. The van der Waals surface area contributed by atoms with Crippen molar-refractivity contribution in [1.82, 2.24) is 4.98 Å². The predicted molar refractivity (Wildman–Crippen MR) is 84.0 cm³/mol. The number of pyridine rings is 1. The number of carbonyl (C=O) groups is 1. The lowest BCUT2D eigenvalue weighted by Gasteiger charge is -2.02. The number of hydrogen-bond acceptors (Lipinski definition) is 3. The van der Waals surface area contributed by atoms with Gasteiger partial charge in [0.05, 0.1) is 6.61 Å². The van der Waals surface area contributed by atoms with Crippen molar-refractivity contribution in [2.45, 2.75) is 12.8 Å². The fraction of sp³-hybridized carbons (Fsp3) is 0.176. The zero-order chi connectivity index (χ0) is 14.9. The molecular formula is C17H16ClNO2. The lowest BCUT2D eigenvalue weighted by molar-refractivity contribution is -0.137. The average Bonchev–Trinajstić information content (AvgIpc) is 2.52. The fourth-order valence-corrected chi connectivity index (χ4v) is 1.91. The van der Waals surface area contributed by atoms with Crippen LogP contribution in [0.15, 0.2) is 54.9 Å². The Balaban J connectivity index is 1.69. The highest BCUT2D eigenvalue weighted by Gasteiger charge is 1.98. The van der Waals surface area contributed by atoms with Crippen LogP contribution in [-0.2, 0) is 16.0 Å². The normalized spacial score (nSPS) is 10.7. The van der Waals surface area contributed by atoms with Gasteiger partial charge in [-0.3, -0.25) is 4.98 Å². The Bertz CT molecular complexity index is 594. The van der Waals surface area contributed by atoms with Crippen LogP contribution >= 0.6 is 11.6 Å². The van der Waals surface area contributed by atoms with Gasteiger partial charge >= 0.3 is 5.97 Å². The molecule has 0 unspecified atom stereocenters. The summed E-state index contributed by atoms with van der Waals surface area (Å²) in [6.07, 6.45) is 8.32. The van der Waals surface area contributed by atoms with Gasteiger partial charge in [-0.05, 0) is 54.3 Å². The molecule has 0 bridgehead atoms. The van der Waals surface area contributed by atoms with Crippen molar-refractivity contribution in [3.8, 4) is 0 Å². The van der Waals surface area contributed by atoms with Crippen LogP contribution in [0.2, 0.25) is 5.02 Å². The highest BCUT2D eigenvalue weighted by molar-refractivity contribution is 6.30. The average molecular weight is 302 g/mol. The molecule has 1 aromatic carbocycles. The Morgan fingerprint density at radius 2 is 1.86 bits per heavy atom. The first-order valence-corrected chi connectivity index (χ1v) is 7.11. The van der Waals surface area contributed by atoms with E-state index in [0.717, 1.165) is 18.4 Å². The smallest absolute Gasteiger partial charge is 0.330 e. The van der Waals surface area contributed by atoms with E-state index in [1.54, 1.807) is 30.6 Å². The maximum Gasteiger partial charge on any atom is 0.330 e. The predicted octanol–water partition coefficient (Wildman–Crippen LogP) is 3.92. The fourth-order valence-electron chi connectivity index (χ4n) is 1.78. The number of rotatable bonds is 6. The summed E-state index contributed by atoms with van der Waals surface area (Å²) >= 11 is 5.79. The maximum atomic E-state index is 11.5. The lowest BCUT2D eigenvalue weighted by atomic mass is 10.1. The number of aryl methyl sites for hydroxylation is 1. The molecule has 2 aromatic rings. The Hall–Kier alpha value is -2.13. The summed E-state index contributed by atoms with van der Waals surface area (Å²) in [6.45, 7) is 0.409. The van der Waals surface area contributed by atoms with Gasteiger partial charge in [-0.1, -0.05) is 23.7 Å². The van der Waals surface area contributed by atoms with Crippen molar-refractivity contribution >= 4 is 23.6 Å². The minimum Gasteiger partial charge on any atom is -0.463 e. The number of ether oxygens (including phenoxy) is 1. The number of esters is 1. The van der Waals surface area contributed by atoms with E-state index >= 15 is 0 Å². The van der Waals surface area contributed by atoms with Crippen LogP contribution in [0, 0.1) is 0 Å². The van der Waals surface area contributed by atoms with E-state index in [1.165, 1.54) is 11.6 Å². The number of halogens is 1. The molecule has 0 amide bonds. The van der Waals surface area contributed by atoms with Gasteiger partial charge in [0.2, 0.25) is 0 Å². The van der Waals surface area contributed by atoms with Gasteiger partial charge in [-0.2, -0.15) is 0 Å². The molecule has 0 spiro atoms. The molecule has 0 saturated carbocycles. The van der Waals surface area contributed by atoms with E-state index in [-0.39, 0.29) is 5.97 Å². The number of carbonyl (C=O) groups excluding carboxylic acids is 1. The Kier molecular flexibility index (Phi) is 5.98. The topological polar surface area (TPSA) is 39.2 Å². The molecule has 0 atom stereocenters. The SMILES string of the molecule is O=C(/C=C/c1ccc(Cl)cc1)OCCCc1ccncc1. The molecule has 3 nitrogen and oxygen atoms in total. The largest absolute Gasteiger partial charge is 0.463 e. The van der Waals surface area contributed by atoms with Crippen LogP contribution in [0.1, 0.15) is 17.5 Å². The first-order valence-electron chi connectivity index (χ1n) is 6.73. The number of hydrogen-bond donors (Lipinski definition) is 0. The van der Waals surface area contributed by atoms with Crippen molar-refractivity contribution in [1.29, 1.82) is 0 Å². The Labute approximate surface area is 129 Å². The van der Waals surface area contributed by atoms with Gasteiger partial charge in [0.15, 0.2) is 0 Å². The molecule has 0 aliphatic rings. The molecule has 0 saturated heterocycles. The van der Waals surface area contributed by atoms with Gasteiger partial charge in [0.25, 0.3) is 0 Å². The highest BCUT2D eigenvalue weighted by atomic mass is 35.5. The number of benzene rings is 1. The molecule has 108 valence electrons. The Morgan fingerprint density at radius 3 is 2.57 bits per heavy atom. The third-order valence-corrected chi connectivity index (χ3v) is 3.14. The third kappa shape index (κ3) is 5.79. The molecular weight excluding hydrogens is 286 g/mol. The summed E-state index contributed by atoms with van der Waals surface area (Å²) in [6, 6.07) is 11.2. The van der Waals surface area contributed by atoms with E-state index in [2.05, 4.69) is 4.98 Å². The van der Waals surface area contributed by atoms with E-state index in [9.17, 15) is 4.79 Å². The number of nitrogens with zero attached hydrogens (tertiary/aromatic N) is 1. The molecule has 0 fully saturated rings. The second kappa shape index (κ2) is 8.22. The second-order valence-electron chi connectivity index (χ2n) is 4.51. The molecule has 2 rings (SSSR count). The second-order valence-corrected chi connectivity index (χ2v) is 4.95. The van der Waals surface area contributed by atoms with Crippen LogP contribution in [0.25, 0.3) is 6.08 Å². The quantitative estimate of drug-likeness (QED) is 0.461. The molecule has 1 heterocycles. The summed E-state index contributed by atoms with van der Waals surface area (Å²) < 4.78 is 5.14. The van der Waals surface area contributed by atoms with Gasteiger partial charge in [0.1, 0.15) is 0 Å². The maximum absolute atomic E-state index is 11.5. The van der Waals surface area contributed by atoms with Crippen LogP contribution in [0.5, 0.6) is 0 Å². The molecule has 4 heteroatoms. The summed E-state index contributed by atoms with van der Waals surface area (Å²) in [5.41, 5.74) is 2.10. The van der Waals surface area contributed by atoms with Gasteiger partial charge in [-0.15, -0.1) is 0 Å². The minimum atomic E-state index is -0.334. The summed E-state index contributed by atoms with van der Waals surface area (Å²) in [5.74, 6) is -0.334. The van der Waals surface area contributed by atoms with Crippen LogP contribution in [0.3, 0.4) is 0 Å². The van der Waals surface area contributed by atoms with Crippen LogP contribution < -0.4 is 0 Å². The van der Waals surface area contributed by atoms with E-state index in [4.69, 9.17) is 16.3 Å². The monoisotopic (exact) mass is 301 g/mol. The van der Waals surface area contributed by atoms with Gasteiger partial charge in [-0.25, -0.2) is 4.79 Å². The van der Waals surface area contributed by atoms with Crippen LogP contribution in [-0.4, -0.2) is 17.6 Å². The summed E-state index contributed by atoms with van der Waals surface area (Å²) in [7, 11) is 0. The van der Waals surface area contributed by atoms with Gasteiger partial charge < -0.3 is 4.74 Å². The highest BCUT2D eigenvalue weighted by Crippen LogP contribution is 2.10. The first kappa shape index (κ1) is 15.3. The van der Waals surface area contributed by atoms with E-state index in [0.29, 0.717) is 11.6 Å². The standard InChI is InChI=1S/C17H16ClNO2/c18-16-6-3-15(4-7-16)5-8-17(20)21-13-1-2-14-9-11-19-12-10-14/h3-12H,1-2,13H2/b8-5+. The molecule has 0 aliphatic heterocycles. The Morgan fingerprint density at radius 1 is 1.14 bits per heavy atom. The first-order chi connectivity index (χ1) is 10.2. The molecule has 0 N–H and O–H groups in total. The molecule has 0 radical (unpaired) electrons. The summed E-state index contributed by atoms with van der Waals surface area (Å²) in [4.78, 5) is 15.5. The number of aromatic nitrogens is 1.